The zero-order chi connectivity index (χ0) is 15.9. The highest BCUT2D eigenvalue weighted by Crippen LogP contribution is 2.29. The van der Waals surface area contributed by atoms with Crippen molar-refractivity contribution in [1.29, 1.82) is 0 Å². The molecule has 0 saturated heterocycles. The molecule has 0 spiro atoms. The predicted octanol–water partition coefficient (Wildman–Crippen LogP) is 3.85. The van der Waals surface area contributed by atoms with Crippen molar-refractivity contribution in [3.05, 3.63) is 45.3 Å². The molecule has 2 aromatic heterocycles. The van der Waals surface area contributed by atoms with Gasteiger partial charge in [0, 0.05) is 6.07 Å². The molecule has 22 heavy (non-hydrogen) atoms. The summed E-state index contributed by atoms with van der Waals surface area (Å²) in [5, 5.41) is 10.4. The molecular formula is C13H8F3IN4O. The van der Waals surface area contributed by atoms with Crippen LogP contribution in [-0.4, -0.2) is 19.8 Å². The number of aryl methyl sites for hydroxylation is 1. The van der Waals surface area contributed by atoms with Gasteiger partial charge in [0.15, 0.2) is 5.65 Å². The molecule has 0 amide bonds. The van der Waals surface area contributed by atoms with E-state index in [0.717, 1.165) is 9.13 Å². The van der Waals surface area contributed by atoms with Crippen LogP contribution in [0.2, 0.25) is 0 Å². The Labute approximate surface area is 136 Å². The second-order valence-corrected chi connectivity index (χ2v) is 5.66. The van der Waals surface area contributed by atoms with Crippen LogP contribution in [0.25, 0.3) is 5.65 Å². The van der Waals surface area contributed by atoms with Crippen molar-refractivity contribution in [1.82, 2.24) is 19.8 Å². The van der Waals surface area contributed by atoms with Crippen molar-refractivity contribution in [3.8, 4) is 11.6 Å². The molecular weight excluding hydrogens is 412 g/mol. The van der Waals surface area contributed by atoms with Crippen LogP contribution in [0, 0.1) is 10.5 Å². The molecule has 0 saturated carbocycles. The number of benzene rings is 1. The molecule has 0 aliphatic heterocycles. The van der Waals surface area contributed by atoms with E-state index in [1.807, 2.05) is 19.1 Å². The number of halogens is 4. The summed E-state index contributed by atoms with van der Waals surface area (Å²) in [6.45, 7) is 1.89. The standard InChI is InChI=1S/C13H8F3IN4O/c1-7-2-3-8(17)9(6-7)22-11-5-4-10-18-19-12(13(14,15)16)21(10)20-11/h2-6H,1H3. The van der Waals surface area contributed by atoms with Gasteiger partial charge in [-0.2, -0.15) is 17.7 Å². The van der Waals surface area contributed by atoms with Crippen molar-refractivity contribution in [2.45, 2.75) is 13.1 Å². The van der Waals surface area contributed by atoms with Crippen molar-refractivity contribution >= 4 is 28.2 Å². The van der Waals surface area contributed by atoms with Crippen LogP contribution in [0.4, 0.5) is 13.2 Å². The summed E-state index contributed by atoms with van der Waals surface area (Å²) in [6.07, 6.45) is -4.64. The molecule has 0 aliphatic rings. The van der Waals surface area contributed by atoms with Gasteiger partial charge in [-0.3, -0.25) is 0 Å². The number of ether oxygens (including phenoxy) is 1. The maximum atomic E-state index is 12.8. The lowest BCUT2D eigenvalue weighted by molar-refractivity contribution is -0.146. The predicted molar refractivity (Wildman–Crippen MR) is 79.8 cm³/mol. The number of aromatic nitrogens is 4. The van der Waals surface area contributed by atoms with Gasteiger partial charge in [-0.25, -0.2) is 0 Å². The first-order valence-electron chi connectivity index (χ1n) is 6.08. The average Bonchev–Trinajstić information content (AvgIpc) is 2.86. The fraction of sp³-hybridized carbons (Fsp3) is 0.154. The Balaban J connectivity index is 2.03. The smallest absolute Gasteiger partial charge is 0.436 e. The van der Waals surface area contributed by atoms with E-state index < -0.39 is 12.0 Å². The molecule has 2 heterocycles. The summed E-state index contributed by atoms with van der Waals surface area (Å²) in [7, 11) is 0. The lowest BCUT2D eigenvalue weighted by atomic mass is 10.2. The van der Waals surface area contributed by atoms with Crippen LogP contribution < -0.4 is 4.74 Å². The Hall–Kier alpha value is -1.91. The Morgan fingerprint density at radius 1 is 1.14 bits per heavy atom. The van der Waals surface area contributed by atoms with Gasteiger partial charge in [0.2, 0.25) is 5.88 Å². The maximum Gasteiger partial charge on any atom is 0.453 e. The van der Waals surface area contributed by atoms with E-state index >= 15 is 0 Å². The maximum absolute atomic E-state index is 12.8. The summed E-state index contributed by atoms with van der Waals surface area (Å²) in [5.41, 5.74) is 0.968. The molecule has 0 atom stereocenters. The van der Waals surface area contributed by atoms with Gasteiger partial charge in [0.05, 0.1) is 3.57 Å². The molecule has 0 unspecified atom stereocenters. The Morgan fingerprint density at radius 3 is 2.64 bits per heavy atom. The SMILES string of the molecule is Cc1ccc(I)c(Oc2ccc3nnc(C(F)(F)F)n3n2)c1. The average molecular weight is 420 g/mol. The number of nitrogens with zero attached hydrogens (tertiary/aromatic N) is 4. The lowest BCUT2D eigenvalue weighted by Gasteiger charge is -2.08. The number of fused-ring (bicyclic) bond motifs is 1. The van der Waals surface area contributed by atoms with Gasteiger partial charge in [0.1, 0.15) is 5.75 Å². The van der Waals surface area contributed by atoms with Gasteiger partial charge in [0.25, 0.3) is 5.82 Å². The minimum absolute atomic E-state index is 0.00128. The Kier molecular flexibility index (Phi) is 3.67. The number of rotatable bonds is 2. The van der Waals surface area contributed by atoms with Crippen molar-refractivity contribution in [2.75, 3.05) is 0 Å². The molecule has 0 N–H and O–H groups in total. The molecule has 114 valence electrons. The Bertz CT molecular complexity index is 847. The number of alkyl halides is 3. The first-order chi connectivity index (χ1) is 10.3. The van der Waals surface area contributed by atoms with Crippen LogP contribution in [0.15, 0.2) is 30.3 Å². The van der Waals surface area contributed by atoms with Crippen LogP contribution in [0.5, 0.6) is 11.6 Å². The molecule has 0 radical (unpaired) electrons. The third kappa shape index (κ3) is 2.85. The summed E-state index contributed by atoms with van der Waals surface area (Å²) in [6, 6.07) is 8.36. The van der Waals surface area contributed by atoms with E-state index in [0.29, 0.717) is 10.3 Å². The quantitative estimate of drug-likeness (QED) is 0.592. The van der Waals surface area contributed by atoms with E-state index in [1.165, 1.54) is 12.1 Å². The van der Waals surface area contributed by atoms with E-state index in [9.17, 15) is 13.2 Å². The molecule has 3 rings (SSSR count). The third-order valence-corrected chi connectivity index (χ3v) is 3.68. The van der Waals surface area contributed by atoms with E-state index in [1.54, 1.807) is 6.07 Å². The molecule has 0 bridgehead atoms. The second-order valence-electron chi connectivity index (χ2n) is 4.50. The topological polar surface area (TPSA) is 52.3 Å². The molecule has 1 aromatic carbocycles. The largest absolute Gasteiger partial charge is 0.453 e. The molecule has 3 aromatic rings. The third-order valence-electron chi connectivity index (χ3n) is 2.79. The summed E-state index contributed by atoms with van der Waals surface area (Å²) >= 11 is 2.08. The minimum atomic E-state index is -4.64. The van der Waals surface area contributed by atoms with E-state index in [-0.39, 0.29) is 11.5 Å². The summed E-state index contributed by atoms with van der Waals surface area (Å²) < 4.78 is 45.5. The first-order valence-corrected chi connectivity index (χ1v) is 7.16. The highest BCUT2D eigenvalue weighted by molar-refractivity contribution is 14.1. The minimum Gasteiger partial charge on any atom is -0.436 e. The van der Waals surface area contributed by atoms with Crippen LogP contribution in [-0.2, 0) is 6.18 Å². The summed E-state index contributed by atoms with van der Waals surface area (Å²) in [5.74, 6) is -0.637. The normalized spacial score (nSPS) is 11.9. The zero-order valence-electron chi connectivity index (χ0n) is 11.1. The highest BCUT2D eigenvalue weighted by atomic mass is 127. The monoisotopic (exact) mass is 420 g/mol. The molecule has 9 heteroatoms. The van der Waals surface area contributed by atoms with Gasteiger partial charge >= 0.3 is 6.18 Å². The first kappa shape index (κ1) is 15.0. The van der Waals surface area contributed by atoms with Crippen LogP contribution in [0.1, 0.15) is 11.4 Å². The zero-order valence-corrected chi connectivity index (χ0v) is 13.3. The number of hydrogen-bond donors (Lipinski definition) is 0. The van der Waals surface area contributed by atoms with E-state index in [4.69, 9.17) is 4.74 Å². The second kappa shape index (κ2) is 5.38. The molecule has 0 fully saturated rings. The fourth-order valence-corrected chi connectivity index (χ4v) is 2.25. The fourth-order valence-electron chi connectivity index (χ4n) is 1.80. The molecule has 0 aliphatic carbocycles. The van der Waals surface area contributed by atoms with Crippen LogP contribution in [0.3, 0.4) is 0 Å². The van der Waals surface area contributed by atoms with E-state index in [2.05, 4.69) is 37.9 Å². The van der Waals surface area contributed by atoms with Crippen molar-refractivity contribution in [3.63, 3.8) is 0 Å². The van der Waals surface area contributed by atoms with Crippen molar-refractivity contribution < 1.29 is 17.9 Å². The van der Waals surface area contributed by atoms with Gasteiger partial charge in [-0.05, 0) is 53.3 Å². The van der Waals surface area contributed by atoms with Crippen LogP contribution >= 0.6 is 22.6 Å². The van der Waals surface area contributed by atoms with Crippen molar-refractivity contribution in [2.24, 2.45) is 0 Å². The molecule has 5 nitrogen and oxygen atoms in total. The van der Waals surface area contributed by atoms with Gasteiger partial charge in [-0.1, -0.05) is 6.07 Å². The lowest BCUT2D eigenvalue weighted by Crippen LogP contribution is -2.12. The van der Waals surface area contributed by atoms with Gasteiger partial charge in [-0.15, -0.1) is 15.3 Å². The Morgan fingerprint density at radius 2 is 1.91 bits per heavy atom. The number of hydrogen-bond acceptors (Lipinski definition) is 4. The summed E-state index contributed by atoms with van der Waals surface area (Å²) in [4.78, 5) is 0. The van der Waals surface area contributed by atoms with Gasteiger partial charge < -0.3 is 4.74 Å². The highest BCUT2D eigenvalue weighted by Gasteiger charge is 2.37.